The summed E-state index contributed by atoms with van der Waals surface area (Å²) in [7, 11) is 0. The van der Waals surface area contributed by atoms with E-state index in [0.717, 1.165) is 22.6 Å². The van der Waals surface area contributed by atoms with Gasteiger partial charge in [0, 0.05) is 6.54 Å². The van der Waals surface area contributed by atoms with Crippen LogP contribution in [0.4, 0.5) is 0 Å². The Hall–Kier alpha value is -2.80. The van der Waals surface area contributed by atoms with Crippen molar-refractivity contribution in [2.45, 2.75) is 26.8 Å². The van der Waals surface area contributed by atoms with Gasteiger partial charge in [-0.15, -0.1) is 0 Å². The van der Waals surface area contributed by atoms with Crippen molar-refractivity contribution in [3.05, 3.63) is 59.2 Å². The van der Waals surface area contributed by atoms with E-state index in [0.29, 0.717) is 6.54 Å². The largest absolute Gasteiger partial charge is 0.457 e. The summed E-state index contributed by atoms with van der Waals surface area (Å²) in [6, 6.07) is 15.3. The molecule has 0 atom stereocenters. The van der Waals surface area contributed by atoms with Crippen molar-refractivity contribution < 1.29 is 9.53 Å². The van der Waals surface area contributed by atoms with Crippen LogP contribution >= 0.6 is 0 Å². The molecule has 0 saturated carbocycles. The van der Waals surface area contributed by atoms with Crippen LogP contribution in [0.25, 0.3) is 0 Å². The van der Waals surface area contributed by atoms with E-state index in [1.54, 1.807) is 0 Å². The van der Waals surface area contributed by atoms with Crippen LogP contribution in [-0.4, -0.2) is 5.91 Å². The maximum Gasteiger partial charge on any atom is 0.234 e. The van der Waals surface area contributed by atoms with Crippen molar-refractivity contribution in [1.29, 1.82) is 5.26 Å². The quantitative estimate of drug-likeness (QED) is 0.916. The molecule has 4 nitrogen and oxygen atoms in total. The van der Waals surface area contributed by atoms with E-state index in [1.165, 1.54) is 5.56 Å². The fourth-order valence-electron chi connectivity index (χ4n) is 1.97. The highest BCUT2D eigenvalue weighted by atomic mass is 16.5. The second kappa shape index (κ2) is 7.28. The lowest BCUT2D eigenvalue weighted by molar-refractivity contribution is -0.120. The van der Waals surface area contributed by atoms with Gasteiger partial charge in [-0.2, -0.15) is 5.26 Å². The summed E-state index contributed by atoms with van der Waals surface area (Å²) < 4.78 is 5.88. The molecule has 1 amide bonds. The second-order valence-corrected chi connectivity index (χ2v) is 5.06. The molecule has 0 bridgehead atoms. The van der Waals surface area contributed by atoms with Gasteiger partial charge in [0.05, 0.1) is 6.07 Å². The number of nitrogens with one attached hydrogen (secondary N) is 1. The molecule has 0 heterocycles. The van der Waals surface area contributed by atoms with Crippen LogP contribution in [0.5, 0.6) is 11.5 Å². The molecule has 0 saturated heterocycles. The first-order chi connectivity index (χ1) is 10.6. The van der Waals surface area contributed by atoms with Gasteiger partial charge in [0.15, 0.2) is 0 Å². The number of nitrogens with zero attached hydrogens (tertiary/aromatic N) is 1. The molecule has 0 radical (unpaired) electrons. The Morgan fingerprint density at radius 1 is 1.18 bits per heavy atom. The van der Waals surface area contributed by atoms with Crippen molar-refractivity contribution in [1.82, 2.24) is 5.32 Å². The molecule has 2 aromatic rings. The van der Waals surface area contributed by atoms with Crippen LogP contribution in [0.1, 0.15) is 23.1 Å². The number of hydrogen-bond acceptors (Lipinski definition) is 3. The predicted molar refractivity (Wildman–Crippen MR) is 84.5 cm³/mol. The highest BCUT2D eigenvalue weighted by Crippen LogP contribution is 2.26. The molecule has 4 heteroatoms. The Balaban J connectivity index is 1.99. The van der Waals surface area contributed by atoms with Crippen LogP contribution in [0.3, 0.4) is 0 Å². The van der Waals surface area contributed by atoms with Crippen molar-refractivity contribution >= 4 is 5.91 Å². The van der Waals surface area contributed by atoms with Gasteiger partial charge in [0.2, 0.25) is 5.91 Å². The molecule has 0 aromatic heterocycles. The minimum atomic E-state index is -0.266. The smallest absolute Gasteiger partial charge is 0.234 e. The molecule has 112 valence electrons. The van der Waals surface area contributed by atoms with Crippen LogP contribution in [0.15, 0.2) is 42.5 Å². The molecule has 22 heavy (non-hydrogen) atoms. The van der Waals surface area contributed by atoms with Crippen LogP contribution in [-0.2, 0) is 11.3 Å². The van der Waals surface area contributed by atoms with Crippen LogP contribution < -0.4 is 10.1 Å². The first kappa shape index (κ1) is 15.6. The molecule has 0 fully saturated rings. The van der Waals surface area contributed by atoms with E-state index >= 15 is 0 Å². The molecule has 1 N–H and O–H groups in total. The topological polar surface area (TPSA) is 62.1 Å². The Labute approximate surface area is 130 Å². The summed E-state index contributed by atoms with van der Waals surface area (Å²) in [6.45, 7) is 4.49. The van der Waals surface area contributed by atoms with Gasteiger partial charge in [-0.3, -0.25) is 4.79 Å². The lowest BCUT2D eigenvalue weighted by atomic mass is 10.1. The molecule has 0 unspecified atom stereocenters. The monoisotopic (exact) mass is 294 g/mol. The van der Waals surface area contributed by atoms with Crippen LogP contribution in [0.2, 0.25) is 0 Å². The lowest BCUT2D eigenvalue weighted by Crippen LogP contribution is -2.21. The van der Waals surface area contributed by atoms with Gasteiger partial charge < -0.3 is 10.1 Å². The molecule has 2 rings (SSSR count). The number of carbonyl (C=O) groups excluding carboxylic acids is 1. The standard InChI is InChI=1S/C18H18N2O2/c1-13-4-3-5-17(14(13)2)22-16-8-6-15(7-9-16)12-20-18(21)10-11-19/h3-9H,10,12H2,1-2H3,(H,20,21). The van der Waals surface area contributed by atoms with Gasteiger partial charge in [-0.1, -0.05) is 24.3 Å². The van der Waals surface area contributed by atoms with Gasteiger partial charge in [0.25, 0.3) is 0 Å². The molecule has 0 aliphatic heterocycles. The predicted octanol–water partition coefficient (Wildman–Crippen LogP) is 3.63. The summed E-state index contributed by atoms with van der Waals surface area (Å²) in [5.74, 6) is 1.33. The van der Waals surface area contributed by atoms with E-state index in [9.17, 15) is 4.79 Å². The Kier molecular flexibility index (Phi) is 5.16. The molecule has 0 aliphatic carbocycles. The number of amides is 1. The van der Waals surface area contributed by atoms with Crippen molar-refractivity contribution in [3.8, 4) is 17.6 Å². The minimum absolute atomic E-state index is 0.117. The Morgan fingerprint density at radius 2 is 1.91 bits per heavy atom. The zero-order valence-corrected chi connectivity index (χ0v) is 12.7. The fourth-order valence-corrected chi connectivity index (χ4v) is 1.97. The maximum atomic E-state index is 11.2. The maximum absolute atomic E-state index is 11.2. The van der Waals surface area contributed by atoms with Gasteiger partial charge in [-0.25, -0.2) is 0 Å². The highest BCUT2D eigenvalue weighted by Gasteiger charge is 2.04. The summed E-state index contributed by atoms with van der Waals surface area (Å²) in [5.41, 5.74) is 3.27. The third-order valence-corrected chi connectivity index (χ3v) is 3.44. The summed E-state index contributed by atoms with van der Waals surface area (Å²) in [5, 5.41) is 11.1. The third kappa shape index (κ3) is 4.10. The molecular weight excluding hydrogens is 276 g/mol. The molecular formula is C18H18N2O2. The average molecular weight is 294 g/mol. The number of hydrogen-bond donors (Lipinski definition) is 1. The van der Waals surface area contributed by atoms with Crippen molar-refractivity contribution in [2.75, 3.05) is 0 Å². The van der Waals surface area contributed by atoms with E-state index in [4.69, 9.17) is 10.00 Å². The van der Waals surface area contributed by atoms with E-state index in [-0.39, 0.29) is 12.3 Å². The number of carbonyl (C=O) groups is 1. The summed E-state index contributed by atoms with van der Waals surface area (Å²) in [4.78, 5) is 11.2. The normalized spacial score (nSPS) is 9.86. The van der Waals surface area contributed by atoms with E-state index in [1.807, 2.05) is 49.4 Å². The number of ether oxygens (including phenoxy) is 1. The third-order valence-electron chi connectivity index (χ3n) is 3.44. The fraction of sp³-hybridized carbons (Fsp3) is 0.222. The minimum Gasteiger partial charge on any atom is -0.457 e. The van der Waals surface area contributed by atoms with Crippen LogP contribution in [0, 0.1) is 25.2 Å². The first-order valence-electron chi connectivity index (χ1n) is 7.07. The van der Waals surface area contributed by atoms with Crippen molar-refractivity contribution in [3.63, 3.8) is 0 Å². The Bertz CT molecular complexity index is 700. The van der Waals surface area contributed by atoms with Gasteiger partial charge in [0.1, 0.15) is 17.9 Å². The lowest BCUT2D eigenvalue weighted by Gasteiger charge is -2.11. The average Bonchev–Trinajstić information content (AvgIpc) is 2.51. The zero-order valence-electron chi connectivity index (χ0n) is 12.7. The van der Waals surface area contributed by atoms with Crippen molar-refractivity contribution in [2.24, 2.45) is 0 Å². The molecule has 0 spiro atoms. The Morgan fingerprint density at radius 3 is 2.59 bits per heavy atom. The highest BCUT2D eigenvalue weighted by molar-refractivity contribution is 5.77. The second-order valence-electron chi connectivity index (χ2n) is 5.06. The first-order valence-corrected chi connectivity index (χ1v) is 7.07. The van der Waals surface area contributed by atoms with E-state index in [2.05, 4.69) is 18.3 Å². The summed E-state index contributed by atoms with van der Waals surface area (Å²) >= 11 is 0. The molecule has 2 aromatic carbocycles. The molecule has 0 aliphatic rings. The zero-order chi connectivity index (χ0) is 15.9. The number of nitriles is 1. The van der Waals surface area contributed by atoms with E-state index < -0.39 is 0 Å². The summed E-state index contributed by atoms with van der Waals surface area (Å²) in [6.07, 6.45) is -0.117. The number of rotatable bonds is 5. The van der Waals surface area contributed by atoms with Gasteiger partial charge in [-0.05, 0) is 48.7 Å². The number of benzene rings is 2. The van der Waals surface area contributed by atoms with Gasteiger partial charge >= 0.3 is 0 Å². The number of aryl methyl sites for hydroxylation is 1. The SMILES string of the molecule is Cc1cccc(Oc2ccc(CNC(=O)CC#N)cc2)c1C.